The molecule has 0 aromatic carbocycles. The number of nitrogens with zero attached hydrogens (tertiary/aromatic N) is 1. The first kappa shape index (κ1) is 14.4. The number of aryl methyl sites for hydroxylation is 2. The van der Waals surface area contributed by atoms with Crippen molar-refractivity contribution in [3.63, 3.8) is 0 Å². The molecule has 0 bridgehead atoms. The normalized spacial score (nSPS) is 24.7. The molecule has 108 valence electrons. The van der Waals surface area contributed by atoms with Crippen LogP contribution in [0, 0.1) is 19.8 Å². The molecule has 2 rings (SSSR count). The van der Waals surface area contributed by atoms with E-state index in [0.29, 0.717) is 25.3 Å². The van der Waals surface area contributed by atoms with Gasteiger partial charge in [-0.05, 0) is 39.5 Å². The SMILES string of the molecule is Cc1nc(CNC2CCC(C(F)(F)F)CC2)oc1C. The highest BCUT2D eigenvalue weighted by atomic mass is 19.4. The Kier molecular flexibility index (Phi) is 4.18. The Labute approximate surface area is 110 Å². The molecule has 1 fully saturated rings. The number of halogens is 3. The Hall–Kier alpha value is -1.04. The Balaban J connectivity index is 1.77. The highest BCUT2D eigenvalue weighted by Crippen LogP contribution is 2.37. The summed E-state index contributed by atoms with van der Waals surface area (Å²) in [6.45, 7) is 4.20. The van der Waals surface area contributed by atoms with Gasteiger partial charge in [-0.3, -0.25) is 0 Å². The molecule has 6 heteroatoms. The van der Waals surface area contributed by atoms with Crippen LogP contribution in [0.4, 0.5) is 13.2 Å². The predicted molar refractivity (Wildman–Crippen MR) is 64.6 cm³/mol. The molecule has 1 aromatic rings. The van der Waals surface area contributed by atoms with Crippen LogP contribution < -0.4 is 5.32 Å². The molecule has 3 nitrogen and oxygen atoms in total. The minimum atomic E-state index is -4.04. The third-order valence-corrected chi connectivity index (χ3v) is 3.80. The number of oxazole rings is 1. The molecule has 0 unspecified atom stereocenters. The molecular weight excluding hydrogens is 257 g/mol. The fourth-order valence-electron chi connectivity index (χ4n) is 2.47. The van der Waals surface area contributed by atoms with E-state index in [1.165, 1.54) is 0 Å². The van der Waals surface area contributed by atoms with Crippen molar-refractivity contribution in [2.75, 3.05) is 0 Å². The van der Waals surface area contributed by atoms with E-state index in [-0.39, 0.29) is 18.9 Å². The zero-order valence-electron chi connectivity index (χ0n) is 11.2. The van der Waals surface area contributed by atoms with E-state index in [1.807, 2.05) is 13.8 Å². The van der Waals surface area contributed by atoms with Gasteiger partial charge in [0.05, 0.1) is 18.2 Å². The van der Waals surface area contributed by atoms with Crippen LogP contribution in [-0.4, -0.2) is 17.2 Å². The van der Waals surface area contributed by atoms with Crippen molar-refractivity contribution in [3.05, 3.63) is 17.3 Å². The zero-order chi connectivity index (χ0) is 14.0. The van der Waals surface area contributed by atoms with E-state index in [2.05, 4.69) is 10.3 Å². The number of hydrogen-bond donors (Lipinski definition) is 1. The zero-order valence-corrected chi connectivity index (χ0v) is 11.2. The van der Waals surface area contributed by atoms with E-state index < -0.39 is 12.1 Å². The van der Waals surface area contributed by atoms with Crippen molar-refractivity contribution in [2.45, 2.75) is 58.3 Å². The largest absolute Gasteiger partial charge is 0.444 e. The summed E-state index contributed by atoms with van der Waals surface area (Å²) in [6.07, 6.45) is -2.50. The Morgan fingerprint density at radius 1 is 1.21 bits per heavy atom. The fraction of sp³-hybridized carbons (Fsp3) is 0.769. The highest BCUT2D eigenvalue weighted by molar-refractivity contribution is 5.05. The van der Waals surface area contributed by atoms with Crippen molar-refractivity contribution in [2.24, 2.45) is 5.92 Å². The van der Waals surface area contributed by atoms with Crippen LogP contribution in [-0.2, 0) is 6.54 Å². The van der Waals surface area contributed by atoms with Crippen LogP contribution in [0.25, 0.3) is 0 Å². The van der Waals surface area contributed by atoms with Crippen LogP contribution in [0.5, 0.6) is 0 Å². The molecule has 1 aliphatic rings. The van der Waals surface area contributed by atoms with Crippen molar-refractivity contribution in [3.8, 4) is 0 Å². The molecule has 1 saturated carbocycles. The smallest absolute Gasteiger partial charge is 0.391 e. The Morgan fingerprint density at radius 3 is 2.32 bits per heavy atom. The van der Waals surface area contributed by atoms with Gasteiger partial charge in [0.25, 0.3) is 0 Å². The molecular formula is C13H19F3N2O. The van der Waals surface area contributed by atoms with E-state index in [1.54, 1.807) is 0 Å². The summed E-state index contributed by atoms with van der Waals surface area (Å²) >= 11 is 0. The molecule has 0 saturated heterocycles. The van der Waals surface area contributed by atoms with E-state index in [0.717, 1.165) is 11.5 Å². The first-order chi connectivity index (χ1) is 8.86. The standard InChI is InChI=1S/C13H19F3N2O/c1-8-9(2)19-12(18-8)7-17-11-5-3-10(4-6-11)13(14,15)16/h10-11,17H,3-7H2,1-2H3. The lowest BCUT2D eigenvalue weighted by atomic mass is 9.85. The summed E-state index contributed by atoms with van der Waals surface area (Å²) in [7, 11) is 0. The van der Waals surface area contributed by atoms with E-state index in [9.17, 15) is 13.2 Å². The highest BCUT2D eigenvalue weighted by Gasteiger charge is 2.41. The number of nitrogens with one attached hydrogen (secondary N) is 1. The summed E-state index contributed by atoms with van der Waals surface area (Å²) in [5.41, 5.74) is 0.859. The number of rotatable bonds is 3. The summed E-state index contributed by atoms with van der Waals surface area (Å²) in [5.74, 6) is 0.266. The first-order valence-corrected chi connectivity index (χ1v) is 6.59. The third-order valence-electron chi connectivity index (χ3n) is 3.80. The van der Waals surface area contributed by atoms with E-state index in [4.69, 9.17) is 4.42 Å². The van der Waals surface area contributed by atoms with Crippen LogP contribution in [0.1, 0.15) is 43.0 Å². The second-order valence-corrected chi connectivity index (χ2v) is 5.22. The van der Waals surface area contributed by atoms with Gasteiger partial charge >= 0.3 is 6.18 Å². The topological polar surface area (TPSA) is 38.1 Å². The number of alkyl halides is 3. The quantitative estimate of drug-likeness (QED) is 0.918. The summed E-state index contributed by atoms with van der Waals surface area (Å²) in [5, 5.41) is 3.23. The maximum atomic E-state index is 12.5. The average molecular weight is 276 g/mol. The lowest BCUT2D eigenvalue weighted by Gasteiger charge is -2.30. The van der Waals surface area contributed by atoms with Crippen molar-refractivity contribution < 1.29 is 17.6 Å². The predicted octanol–water partition coefficient (Wildman–Crippen LogP) is 3.50. The summed E-state index contributed by atoms with van der Waals surface area (Å²) in [6, 6.07) is 0.131. The van der Waals surface area contributed by atoms with Crippen LogP contribution in [0.2, 0.25) is 0 Å². The third kappa shape index (κ3) is 3.72. The van der Waals surface area contributed by atoms with Crippen LogP contribution in [0.15, 0.2) is 4.42 Å². The Morgan fingerprint density at radius 2 is 1.84 bits per heavy atom. The van der Waals surface area contributed by atoms with Crippen molar-refractivity contribution >= 4 is 0 Å². The van der Waals surface area contributed by atoms with Gasteiger partial charge in [-0.2, -0.15) is 13.2 Å². The minimum Gasteiger partial charge on any atom is -0.444 e. The lowest BCUT2D eigenvalue weighted by Crippen LogP contribution is -2.36. The van der Waals surface area contributed by atoms with Gasteiger partial charge in [-0.25, -0.2) is 4.98 Å². The molecule has 1 N–H and O–H groups in total. The molecule has 1 aromatic heterocycles. The van der Waals surface area contributed by atoms with Gasteiger partial charge in [-0.1, -0.05) is 0 Å². The summed E-state index contributed by atoms with van der Waals surface area (Å²) in [4.78, 5) is 4.24. The minimum absolute atomic E-state index is 0.131. The molecule has 1 heterocycles. The van der Waals surface area contributed by atoms with Gasteiger partial charge < -0.3 is 9.73 Å². The second-order valence-electron chi connectivity index (χ2n) is 5.22. The van der Waals surface area contributed by atoms with Crippen LogP contribution >= 0.6 is 0 Å². The molecule has 19 heavy (non-hydrogen) atoms. The Bertz CT molecular complexity index is 401. The van der Waals surface area contributed by atoms with Gasteiger partial charge in [0.15, 0.2) is 0 Å². The molecule has 0 aliphatic heterocycles. The monoisotopic (exact) mass is 276 g/mol. The maximum Gasteiger partial charge on any atom is 0.391 e. The van der Waals surface area contributed by atoms with Crippen molar-refractivity contribution in [1.29, 1.82) is 0 Å². The number of hydrogen-bond acceptors (Lipinski definition) is 3. The molecule has 1 aliphatic carbocycles. The molecule has 0 spiro atoms. The van der Waals surface area contributed by atoms with Crippen molar-refractivity contribution in [1.82, 2.24) is 10.3 Å². The lowest BCUT2D eigenvalue weighted by molar-refractivity contribution is -0.182. The first-order valence-electron chi connectivity index (χ1n) is 6.59. The molecule has 0 amide bonds. The van der Waals surface area contributed by atoms with Gasteiger partial charge in [0.1, 0.15) is 5.76 Å². The number of aromatic nitrogens is 1. The molecule has 0 radical (unpaired) electrons. The second kappa shape index (κ2) is 5.53. The van der Waals surface area contributed by atoms with Gasteiger partial charge in [0.2, 0.25) is 5.89 Å². The summed E-state index contributed by atoms with van der Waals surface area (Å²) < 4.78 is 43.0. The fourth-order valence-corrected chi connectivity index (χ4v) is 2.47. The van der Waals surface area contributed by atoms with Gasteiger partial charge in [0, 0.05) is 6.04 Å². The maximum absolute atomic E-state index is 12.5. The average Bonchev–Trinajstić information content (AvgIpc) is 2.66. The van der Waals surface area contributed by atoms with Gasteiger partial charge in [-0.15, -0.1) is 0 Å². The molecule has 0 atom stereocenters. The van der Waals surface area contributed by atoms with E-state index >= 15 is 0 Å². The van der Waals surface area contributed by atoms with Crippen LogP contribution in [0.3, 0.4) is 0 Å².